The van der Waals surface area contributed by atoms with E-state index in [0.29, 0.717) is 0 Å². The maximum atomic E-state index is 6.36. The predicted molar refractivity (Wildman–Crippen MR) is 108 cm³/mol. The Balaban J connectivity index is 2.26. The minimum absolute atomic E-state index is 0.0967. The average molecular weight is 364 g/mol. The van der Waals surface area contributed by atoms with Crippen LogP contribution in [-0.4, -0.2) is 31.5 Å². The fourth-order valence-corrected chi connectivity index (χ4v) is 3.43. The standard InChI is InChI=1S/C22H37NO3/c1-6-9-11-15-25-21-20(24-14-10-7-2)18-16-17(23-8-3)12-13-19(18)26-22(21,4)5/h12-13,16,20-21,23H,6-11,14-15H2,1-5H3. The molecule has 0 bridgehead atoms. The predicted octanol–water partition coefficient (Wildman–Crippen LogP) is 5.72. The third kappa shape index (κ3) is 5.37. The second kappa shape index (κ2) is 10.2. The Morgan fingerprint density at radius 2 is 1.73 bits per heavy atom. The number of anilines is 1. The minimum Gasteiger partial charge on any atom is -0.485 e. The molecule has 0 amide bonds. The lowest BCUT2D eigenvalue weighted by Crippen LogP contribution is -2.51. The van der Waals surface area contributed by atoms with Crippen LogP contribution in [-0.2, 0) is 9.47 Å². The molecule has 4 nitrogen and oxygen atoms in total. The number of unbranched alkanes of at least 4 members (excludes halogenated alkanes) is 3. The van der Waals surface area contributed by atoms with Crippen LogP contribution in [0.2, 0.25) is 0 Å². The zero-order valence-electron chi connectivity index (χ0n) is 17.3. The molecule has 2 rings (SSSR count). The summed E-state index contributed by atoms with van der Waals surface area (Å²) in [6.45, 7) is 13.1. The van der Waals surface area contributed by atoms with Gasteiger partial charge < -0.3 is 19.5 Å². The second-order valence-electron chi connectivity index (χ2n) is 7.63. The molecule has 1 aliphatic heterocycles. The van der Waals surface area contributed by atoms with E-state index in [1.165, 1.54) is 12.8 Å². The number of fused-ring (bicyclic) bond motifs is 1. The first-order valence-corrected chi connectivity index (χ1v) is 10.3. The summed E-state index contributed by atoms with van der Waals surface area (Å²) in [5, 5.41) is 3.39. The number of hydrogen-bond donors (Lipinski definition) is 1. The normalized spacial score (nSPS) is 21.1. The van der Waals surface area contributed by atoms with Gasteiger partial charge in [0.2, 0.25) is 0 Å². The first kappa shape index (κ1) is 21.0. The molecule has 1 aromatic carbocycles. The van der Waals surface area contributed by atoms with Gasteiger partial charge in [0.15, 0.2) is 0 Å². The number of ether oxygens (including phenoxy) is 3. The van der Waals surface area contributed by atoms with Gasteiger partial charge in [-0.1, -0.05) is 33.1 Å². The van der Waals surface area contributed by atoms with Gasteiger partial charge in [-0.2, -0.15) is 0 Å². The zero-order valence-corrected chi connectivity index (χ0v) is 17.3. The van der Waals surface area contributed by atoms with Crippen molar-refractivity contribution in [2.24, 2.45) is 0 Å². The van der Waals surface area contributed by atoms with Crippen LogP contribution in [0.1, 0.15) is 78.4 Å². The van der Waals surface area contributed by atoms with Crippen molar-refractivity contribution in [2.45, 2.75) is 84.5 Å². The highest BCUT2D eigenvalue weighted by atomic mass is 16.6. The van der Waals surface area contributed by atoms with Crippen LogP contribution < -0.4 is 10.1 Å². The van der Waals surface area contributed by atoms with E-state index in [-0.39, 0.29) is 12.2 Å². The van der Waals surface area contributed by atoms with Gasteiger partial charge in [-0.25, -0.2) is 0 Å². The summed E-state index contributed by atoms with van der Waals surface area (Å²) in [6, 6.07) is 6.29. The first-order valence-electron chi connectivity index (χ1n) is 10.3. The highest BCUT2D eigenvalue weighted by Gasteiger charge is 2.45. The molecule has 1 heterocycles. The fraction of sp³-hybridized carbons (Fsp3) is 0.727. The minimum atomic E-state index is -0.421. The van der Waals surface area contributed by atoms with Crippen LogP contribution in [0, 0.1) is 0 Å². The lowest BCUT2D eigenvalue weighted by molar-refractivity contribution is -0.163. The van der Waals surface area contributed by atoms with E-state index >= 15 is 0 Å². The third-order valence-corrected chi connectivity index (χ3v) is 4.87. The summed E-state index contributed by atoms with van der Waals surface area (Å²) >= 11 is 0. The highest BCUT2D eigenvalue weighted by Crippen LogP contribution is 2.44. The van der Waals surface area contributed by atoms with E-state index in [0.717, 1.165) is 56.0 Å². The molecule has 0 fully saturated rings. The van der Waals surface area contributed by atoms with Crippen LogP contribution in [0.15, 0.2) is 18.2 Å². The molecular weight excluding hydrogens is 326 g/mol. The molecular formula is C22H37NO3. The molecule has 2 unspecified atom stereocenters. The molecule has 148 valence electrons. The lowest BCUT2D eigenvalue weighted by Gasteiger charge is -2.44. The summed E-state index contributed by atoms with van der Waals surface area (Å²) in [7, 11) is 0. The molecule has 0 aromatic heterocycles. The Morgan fingerprint density at radius 3 is 2.42 bits per heavy atom. The van der Waals surface area contributed by atoms with Crippen LogP contribution in [0.5, 0.6) is 5.75 Å². The second-order valence-corrected chi connectivity index (χ2v) is 7.63. The molecule has 0 aliphatic carbocycles. The van der Waals surface area contributed by atoms with Crippen molar-refractivity contribution in [3.8, 4) is 5.75 Å². The van der Waals surface area contributed by atoms with E-state index in [2.05, 4.69) is 58.1 Å². The SMILES string of the molecule is CCCCCOC1C(OCCCC)c2cc(NCC)ccc2OC1(C)C. The van der Waals surface area contributed by atoms with Crippen molar-refractivity contribution in [2.75, 3.05) is 25.1 Å². The van der Waals surface area contributed by atoms with Crippen LogP contribution in [0.3, 0.4) is 0 Å². The van der Waals surface area contributed by atoms with Crippen LogP contribution in [0.4, 0.5) is 5.69 Å². The summed E-state index contributed by atoms with van der Waals surface area (Å²) in [6.07, 6.45) is 5.44. The quantitative estimate of drug-likeness (QED) is 0.510. The molecule has 1 aromatic rings. The van der Waals surface area contributed by atoms with E-state index in [4.69, 9.17) is 14.2 Å². The van der Waals surface area contributed by atoms with E-state index in [1.807, 2.05) is 0 Å². The lowest BCUT2D eigenvalue weighted by atomic mass is 9.87. The monoisotopic (exact) mass is 363 g/mol. The Labute approximate surface area is 159 Å². The maximum Gasteiger partial charge on any atom is 0.132 e. The van der Waals surface area contributed by atoms with Crippen LogP contribution in [0.25, 0.3) is 0 Å². The Morgan fingerprint density at radius 1 is 1.00 bits per heavy atom. The van der Waals surface area contributed by atoms with Crippen molar-refractivity contribution in [3.63, 3.8) is 0 Å². The molecule has 4 heteroatoms. The Bertz CT molecular complexity index is 544. The molecule has 26 heavy (non-hydrogen) atoms. The fourth-order valence-electron chi connectivity index (χ4n) is 3.43. The van der Waals surface area contributed by atoms with Gasteiger partial charge in [-0.3, -0.25) is 0 Å². The molecule has 0 saturated heterocycles. The molecule has 2 atom stereocenters. The van der Waals surface area contributed by atoms with Gasteiger partial charge in [-0.15, -0.1) is 0 Å². The highest BCUT2D eigenvalue weighted by molar-refractivity contribution is 5.53. The third-order valence-electron chi connectivity index (χ3n) is 4.87. The number of benzene rings is 1. The Kier molecular flexibility index (Phi) is 8.23. The van der Waals surface area contributed by atoms with Gasteiger partial charge in [0.1, 0.15) is 23.6 Å². The number of rotatable bonds is 11. The number of nitrogens with one attached hydrogen (secondary N) is 1. The summed E-state index contributed by atoms with van der Waals surface area (Å²) in [4.78, 5) is 0. The molecule has 0 spiro atoms. The molecule has 0 saturated carbocycles. The average Bonchev–Trinajstić information content (AvgIpc) is 2.60. The van der Waals surface area contributed by atoms with Crippen molar-refractivity contribution in [1.29, 1.82) is 0 Å². The van der Waals surface area contributed by atoms with Crippen LogP contribution >= 0.6 is 0 Å². The molecule has 1 aliphatic rings. The van der Waals surface area contributed by atoms with E-state index in [1.54, 1.807) is 0 Å². The summed E-state index contributed by atoms with van der Waals surface area (Å²) < 4.78 is 19.0. The van der Waals surface area contributed by atoms with Gasteiger partial charge in [0, 0.05) is 31.0 Å². The topological polar surface area (TPSA) is 39.7 Å². The molecule has 0 radical (unpaired) electrons. The maximum absolute atomic E-state index is 6.36. The van der Waals surface area contributed by atoms with E-state index < -0.39 is 5.60 Å². The Hall–Kier alpha value is -1.26. The van der Waals surface area contributed by atoms with Crippen molar-refractivity contribution >= 4 is 5.69 Å². The van der Waals surface area contributed by atoms with Gasteiger partial charge in [0.25, 0.3) is 0 Å². The smallest absolute Gasteiger partial charge is 0.132 e. The van der Waals surface area contributed by atoms with Gasteiger partial charge in [-0.05, 0) is 51.8 Å². The summed E-state index contributed by atoms with van der Waals surface area (Å²) in [5.74, 6) is 0.909. The first-order chi connectivity index (χ1) is 12.5. The van der Waals surface area contributed by atoms with Crippen molar-refractivity contribution in [1.82, 2.24) is 0 Å². The zero-order chi connectivity index (χ0) is 19.0. The van der Waals surface area contributed by atoms with Gasteiger partial charge in [0.05, 0.1) is 0 Å². The largest absolute Gasteiger partial charge is 0.485 e. The van der Waals surface area contributed by atoms with Crippen molar-refractivity contribution < 1.29 is 14.2 Å². The van der Waals surface area contributed by atoms with Gasteiger partial charge >= 0.3 is 0 Å². The number of hydrogen-bond acceptors (Lipinski definition) is 4. The molecule has 1 N–H and O–H groups in total. The van der Waals surface area contributed by atoms with E-state index in [9.17, 15) is 0 Å². The van der Waals surface area contributed by atoms with Crippen molar-refractivity contribution in [3.05, 3.63) is 23.8 Å². The summed E-state index contributed by atoms with van der Waals surface area (Å²) in [5.41, 5.74) is 1.78.